The molecule has 25 heavy (non-hydrogen) atoms. The van der Waals surface area contributed by atoms with Crippen molar-refractivity contribution in [3.05, 3.63) is 24.2 Å². The SMILES string of the molecule is COCCNC(=O)[C@H]1CCCN(C2CCN(Cc3ccoc3)CC2)C1. The fourth-order valence-electron chi connectivity index (χ4n) is 4.06. The fraction of sp³-hybridized carbons (Fsp3) is 0.737. The Morgan fingerprint density at radius 2 is 2.16 bits per heavy atom. The summed E-state index contributed by atoms with van der Waals surface area (Å²) in [6, 6.07) is 2.67. The van der Waals surface area contributed by atoms with Crippen molar-refractivity contribution in [2.75, 3.05) is 46.4 Å². The maximum absolute atomic E-state index is 12.3. The van der Waals surface area contributed by atoms with Gasteiger partial charge in [0.2, 0.25) is 5.91 Å². The molecule has 140 valence electrons. The lowest BCUT2D eigenvalue weighted by molar-refractivity contribution is -0.127. The molecule has 2 fully saturated rings. The Labute approximate surface area is 150 Å². The van der Waals surface area contributed by atoms with E-state index in [0.29, 0.717) is 19.2 Å². The van der Waals surface area contributed by atoms with Gasteiger partial charge in [0.1, 0.15) is 0 Å². The number of ether oxygens (including phenoxy) is 1. The van der Waals surface area contributed by atoms with E-state index < -0.39 is 0 Å². The highest BCUT2D eigenvalue weighted by Gasteiger charge is 2.31. The van der Waals surface area contributed by atoms with Gasteiger partial charge in [-0.1, -0.05) is 0 Å². The van der Waals surface area contributed by atoms with Crippen LogP contribution >= 0.6 is 0 Å². The van der Waals surface area contributed by atoms with Crippen LogP contribution in [0.5, 0.6) is 0 Å². The van der Waals surface area contributed by atoms with Crippen LogP contribution in [0.25, 0.3) is 0 Å². The van der Waals surface area contributed by atoms with Gasteiger partial charge in [0.05, 0.1) is 25.1 Å². The molecule has 3 heterocycles. The number of likely N-dealkylation sites (tertiary alicyclic amines) is 2. The first-order valence-corrected chi connectivity index (χ1v) is 9.50. The van der Waals surface area contributed by atoms with Gasteiger partial charge in [0, 0.05) is 38.3 Å². The summed E-state index contributed by atoms with van der Waals surface area (Å²) >= 11 is 0. The summed E-state index contributed by atoms with van der Waals surface area (Å²) in [7, 11) is 1.66. The number of methoxy groups -OCH3 is 1. The molecule has 1 N–H and O–H groups in total. The molecule has 6 nitrogen and oxygen atoms in total. The van der Waals surface area contributed by atoms with Crippen LogP contribution in [-0.4, -0.2) is 68.2 Å². The molecule has 0 unspecified atom stereocenters. The van der Waals surface area contributed by atoms with E-state index in [1.165, 1.54) is 18.4 Å². The Kier molecular flexibility index (Phi) is 6.90. The maximum Gasteiger partial charge on any atom is 0.224 e. The summed E-state index contributed by atoms with van der Waals surface area (Å²) in [4.78, 5) is 17.4. The lowest BCUT2D eigenvalue weighted by Gasteiger charge is -2.42. The summed E-state index contributed by atoms with van der Waals surface area (Å²) in [6.07, 6.45) is 8.09. The van der Waals surface area contributed by atoms with Crippen LogP contribution in [0.4, 0.5) is 0 Å². The van der Waals surface area contributed by atoms with Crippen molar-refractivity contribution in [1.29, 1.82) is 0 Å². The van der Waals surface area contributed by atoms with Crippen LogP contribution < -0.4 is 5.32 Å². The standard InChI is InChI=1S/C19H31N3O3/c1-24-12-7-20-19(23)17-3-2-8-22(14-17)18-4-9-21(10-5-18)13-16-6-11-25-15-16/h6,11,15,17-18H,2-5,7-10,12-14H2,1H3,(H,20,23)/t17-/m0/s1. The number of hydrogen-bond donors (Lipinski definition) is 1. The molecule has 1 aromatic heterocycles. The number of amides is 1. The van der Waals surface area contributed by atoms with Crippen LogP contribution in [0.1, 0.15) is 31.2 Å². The van der Waals surface area contributed by atoms with Crippen molar-refractivity contribution >= 4 is 5.91 Å². The molecule has 2 saturated heterocycles. The molecular weight excluding hydrogens is 318 g/mol. The summed E-state index contributed by atoms with van der Waals surface area (Å²) in [5.41, 5.74) is 1.25. The van der Waals surface area contributed by atoms with E-state index in [0.717, 1.165) is 45.6 Å². The fourth-order valence-corrected chi connectivity index (χ4v) is 4.06. The molecule has 0 spiro atoms. The van der Waals surface area contributed by atoms with E-state index >= 15 is 0 Å². The van der Waals surface area contributed by atoms with E-state index in [1.54, 1.807) is 13.4 Å². The Balaban J connectivity index is 1.42. The normalized spacial score (nSPS) is 23.6. The van der Waals surface area contributed by atoms with E-state index in [2.05, 4.69) is 15.1 Å². The molecule has 2 aliphatic rings. The molecule has 0 saturated carbocycles. The van der Waals surface area contributed by atoms with Gasteiger partial charge < -0.3 is 14.5 Å². The van der Waals surface area contributed by atoms with Gasteiger partial charge in [-0.25, -0.2) is 0 Å². The third-order valence-electron chi connectivity index (χ3n) is 5.49. The average Bonchev–Trinajstić information content (AvgIpc) is 3.16. The molecule has 0 bridgehead atoms. The topological polar surface area (TPSA) is 58.0 Å². The third-order valence-corrected chi connectivity index (χ3v) is 5.49. The first-order valence-electron chi connectivity index (χ1n) is 9.50. The minimum atomic E-state index is 0.134. The largest absolute Gasteiger partial charge is 0.472 e. The average molecular weight is 349 g/mol. The van der Waals surface area contributed by atoms with Crippen molar-refractivity contribution in [1.82, 2.24) is 15.1 Å². The lowest BCUT2D eigenvalue weighted by atomic mass is 9.93. The van der Waals surface area contributed by atoms with Crippen molar-refractivity contribution in [3.8, 4) is 0 Å². The van der Waals surface area contributed by atoms with Crippen LogP contribution in [0.15, 0.2) is 23.0 Å². The van der Waals surface area contributed by atoms with Gasteiger partial charge in [0.15, 0.2) is 0 Å². The summed E-state index contributed by atoms with van der Waals surface area (Å²) in [5.74, 6) is 0.328. The number of furan rings is 1. The zero-order chi connectivity index (χ0) is 17.5. The third kappa shape index (κ3) is 5.30. The second-order valence-corrected chi connectivity index (χ2v) is 7.26. The van der Waals surface area contributed by atoms with Gasteiger partial charge in [-0.3, -0.25) is 14.6 Å². The molecule has 1 aromatic rings. The van der Waals surface area contributed by atoms with Gasteiger partial charge in [-0.05, 0) is 51.4 Å². The molecule has 0 radical (unpaired) electrons. The van der Waals surface area contributed by atoms with Crippen LogP contribution in [0, 0.1) is 5.92 Å². The number of carbonyl (C=O) groups excluding carboxylic acids is 1. The summed E-state index contributed by atoms with van der Waals surface area (Å²) < 4.78 is 10.2. The first-order chi connectivity index (χ1) is 12.3. The van der Waals surface area contributed by atoms with Crippen molar-refractivity contribution in [3.63, 3.8) is 0 Å². The monoisotopic (exact) mass is 349 g/mol. The van der Waals surface area contributed by atoms with Gasteiger partial charge in [0.25, 0.3) is 0 Å². The molecule has 1 amide bonds. The second-order valence-electron chi connectivity index (χ2n) is 7.26. The maximum atomic E-state index is 12.3. The Morgan fingerprint density at radius 1 is 1.32 bits per heavy atom. The number of hydrogen-bond acceptors (Lipinski definition) is 5. The van der Waals surface area contributed by atoms with Crippen LogP contribution in [0.2, 0.25) is 0 Å². The molecule has 0 aromatic carbocycles. The predicted octanol–water partition coefficient (Wildman–Crippen LogP) is 1.72. The van der Waals surface area contributed by atoms with E-state index in [9.17, 15) is 4.79 Å². The van der Waals surface area contributed by atoms with Crippen LogP contribution in [-0.2, 0) is 16.1 Å². The molecule has 3 rings (SSSR count). The first kappa shape index (κ1) is 18.4. The van der Waals surface area contributed by atoms with E-state index in [-0.39, 0.29) is 11.8 Å². The zero-order valence-electron chi connectivity index (χ0n) is 15.3. The quantitative estimate of drug-likeness (QED) is 0.760. The zero-order valence-corrected chi connectivity index (χ0v) is 15.3. The Hall–Kier alpha value is -1.37. The van der Waals surface area contributed by atoms with Crippen molar-refractivity contribution < 1.29 is 13.9 Å². The second kappa shape index (κ2) is 9.36. The highest BCUT2D eigenvalue weighted by atomic mass is 16.5. The Morgan fingerprint density at radius 3 is 2.88 bits per heavy atom. The van der Waals surface area contributed by atoms with Gasteiger partial charge in [-0.2, -0.15) is 0 Å². The molecular formula is C19H31N3O3. The Bertz CT molecular complexity index is 512. The summed E-state index contributed by atoms with van der Waals surface area (Å²) in [6.45, 7) is 6.46. The molecule has 0 aliphatic carbocycles. The molecule has 6 heteroatoms. The minimum Gasteiger partial charge on any atom is -0.472 e. The number of piperidine rings is 2. The number of carbonyl (C=O) groups is 1. The smallest absolute Gasteiger partial charge is 0.224 e. The highest BCUT2D eigenvalue weighted by molar-refractivity contribution is 5.78. The minimum absolute atomic E-state index is 0.134. The van der Waals surface area contributed by atoms with E-state index in [4.69, 9.17) is 9.15 Å². The number of nitrogens with one attached hydrogen (secondary N) is 1. The lowest BCUT2D eigenvalue weighted by Crippen LogP contribution is -2.50. The summed E-state index contributed by atoms with van der Waals surface area (Å²) in [5, 5.41) is 3.00. The number of rotatable bonds is 7. The van der Waals surface area contributed by atoms with Crippen molar-refractivity contribution in [2.24, 2.45) is 5.92 Å². The molecule has 1 atom stereocenters. The molecule has 2 aliphatic heterocycles. The van der Waals surface area contributed by atoms with Gasteiger partial charge >= 0.3 is 0 Å². The van der Waals surface area contributed by atoms with Gasteiger partial charge in [-0.15, -0.1) is 0 Å². The number of nitrogens with zero attached hydrogens (tertiary/aromatic N) is 2. The van der Waals surface area contributed by atoms with E-state index in [1.807, 2.05) is 12.3 Å². The van der Waals surface area contributed by atoms with Crippen LogP contribution in [0.3, 0.4) is 0 Å². The highest BCUT2D eigenvalue weighted by Crippen LogP contribution is 2.24. The predicted molar refractivity (Wildman–Crippen MR) is 96.2 cm³/mol. The van der Waals surface area contributed by atoms with Crippen molar-refractivity contribution in [2.45, 2.75) is 38.3 Å².